The van der Waals surface area contributed by atoms with Gasteiger partial charge in [-0.1, -0.05) is 57.2 Å². The lowest BCUT2D eigenvalue weighted by molar-refractivity contribution is 0.102. The summed E-state index contributed by atoms with van der Waals surface area (Å²) in [5.41, 5.74) is 2.79. The Balaban J connectivity index is 1.78. The van der Waals surface area contributed by atoms with Gasteiger partial charge >= 0.3 is 0 Å². The third-order valence-corrected chi connectivity index (χ3v) is 4.81. The van der Waals surface area contributed by atoms with Crippen molar-refractivity contribution in [3.63, 3.8) is 0 Å². The van der Waals surface area contributed by atoms with Crippen LogP contribution in [-0.2, 0) is 5.41 Å². The molecule has 30 heavy (non-hydrogen) atoms. The van der Waals surface area contributed by atoms with Gasteiger partial charge in [-0.15, -0.1) is 0 Å². The summed E-state index contributed by atoms with van der Waals surface area (Å²) in [5, 5.41) is 2.70. The van der Waals surface area contributed by atoms with Crippen molar-refractivity contribution in [2.75, 3.05) is 12.4 Å². The molecule has 1 amide bonds. The highest BCUT2D eigenvalue weighted by Crippen LogP contribution is 2.24. The fraction of sp³-hybridized carbons (Fsp3) is 0.200. The van der Waals surface area contributed by atoms with Gasteiger partial charge in [-0.3, -0.25) is 9.59 Å². The third kappa shape index (κ3) is 4.74. The summed E-state index contributed by atoms with van der Waals surface area (Å²) >= 11 is 0. The van der Waals surface area contributed by atoms with Crippen molar-refractivity contribution in [2.45, 2.75) is 26.2 Å². The molecule has 0 bridgehead atoms. The lowest BCUT2D eigenvalue weighted by Crippen LogP contribution is -2.13. The Bertz CT molecular complexity index is 1080. The van der Waals surface area contributed by atoms with Gasteiger partial charge in [-0.2, -0.15) is 0 Å². The van der Waals surface area contributed by atoms with E-state index in [1.807, 2.05) is 24.3 Å². The number of halogens is 1. The summed E-state index contributed by atoms with van der Waals surface area (Å²) in [4.78, 5) is 25.3. The van der Waals surface area contributed by atoms with E-state index in [2.05, 4.69) is 26.1 Å². The first kappa shape index (κ1) is 21.2. The molecule has 5 heteroatoms. The molecule has 0 spiro atoms. The molecule has 0 radical (unpaired) electrons. The standard InChI is InChI=1S/C25H24FNO3/c1-25(2,3)19-11-8-16(9-12-19)23(28)17-6-5-7-20(14-17)27-24(29)18-10-13-22(30-4)21(26)15-18/h5-15H,1-4H3,(H,27,29). The molecule has 3 rings (SSSR count). The van der Waals surface area contributed by atoms with Crippen molar-refractivity contribution < 1.29 is 18.7 Å². The molecule has 154 valence electrons. The number of ketones is 1. The lowest BCUT2D eigenvalue weighted by Gasteiger charge is -2.19. The van der Waals surface area contributed by atoms with Crippen molar-refractivity contribution in [3.05, 3.63) is 94.8 Å². The van der Waals surface area contributed by atoms with Crippen molar-refractivity contribution in [2.24, 2.45) is 0 Å². The van der Waals surface area contributed by atoms with Gasteiger partial charge in [0.2, 0.25) is 0 Å². The molecule has 1 N–H and O–H groups in total. The Morgan fingerprint density at radius 2 is 1.53 bits per heavy atom. The second kappa shape index (κ2) is 8.49. The maximum atomic E-state index is 13.9. The predicted octanol–water partition coefficient (Wildman–Crippen LogP) is 5.62. The summed E-state index contributed by atoms with van der Waals surface area (Å²) < 4.78 is 18.7. The van der Waals surface area contributed by atoms with Gasteiger partial charge in [0.25, 0.3) is 5.91 Å². The van der Waals surface area contributed by atoms with Gasteiger partial charge in [0, 0.05) is 22.4 Å². The number of carbonyl (C=O) groups is 2. The molecule has 0 heterocycles. The number of anilines is 1. The number of carbonyl (C=O) groups excluding carboxylic acids is 2. The molecule has 3 aromatic rings. The number of benzene rings is 3. The molecule has 0 saturated heterocycles. The lowest BCUT2D eigenvalue weighted by atomic mass is 9.86. The topological polar surface area (TPSA) is 55.4 Å². The van der Waals surface area contributed by atoms with E-state index in [1.165, 1.54) is 19.2 Å². The summed E-state index contributed by atoms with van der Waals surface area (Å²) in [6.45, 7) is 6.35. The molecule has 0 aliphatic heterocycles. The minimum Gasteiger partial charge on any atom is -0.494 e. The number of ether oxygens (including phenoxy) is 1. The monoisotopic (exact) mass is 405 g/mol. The Morgan fingerprint density at radius 1 is 0.867 bits per heavy atom. The fourth-order valence-electron chi connectivity index (χ4n) is 3.04. The zero-order valence-electron chi connectivity index (χ0n) is 17.5. The highest BCUT2D eigenvalue weighted by atomic mass is 19.1. The molecule has 0 unspecified atom stereocenters. The summed E-state index contributed by atoms with van der Waals surface area (Å²) in [6.07, 6.45) is 0. The Labute approximate surface area is 175 Å². The van der Waals surface area contributed by atoms with E-state index in [0.29, 0.717) is 16.8 Å². The summed E-state index contributed by atoms with van der Waals surface area (Å²) in [6, 6.07) is 18.2. The van der Waals surface area contributed by atoms with Gasteiger partial charge in [0.15, 0.2) is 17.3 Å². The minimum absolute atomic E-state index is 0.00665. The molecule has 0 saturated carbocycles. The van der Waals surface area contributed by atoms with Gasteiger partial charge in [-0.25, -0.2) is 4.39 Å². The number of hydrogen-bond acceptors (Lipinski definition) is 3. The maximum Gasteiger partial charge on any atom is 0.255 e. The van der Waals surface area contributed by atoms with E-state index in [0.717, 1.165) is 11.6 Å². The second-order valence-electron chi connectivity index (χ2n) is 8.04. The number of methoxy groups -OCH3 is 1. The van der Waals surface area contributed by atoms with E-state index in [4.69, 9.17) is 4.74 Å². The number of rotatable bonds is 5. The molecule has 3 aromatic carbocycles. The molecular formula is C25H24FNO3. The van der Waals surface area contributed by atoms with Crippen molar-refractivity contribution in [1.82, 2.24) is 0 Å². The van der Waals surface area contributed by atoms with Crippen molar-refractivity contribution in [3.8, 4) is 5.75 Å². The Hall–Kier alpha value is -3.47. The molecule has 0 fully saturated rings. The van der Waals surface area contributed by atoms with Crippen LogP contribution in [0.3, 0.4) is 0 Å². The minimum atomic E-state index is -0.618. The molecular weight excluding hydrogens is 381 g/mol. The Kier molecular flexibility index (Phi) is 6.01. The van der Waals surface area contributed by atoms with Crippen LogP contribution in [0.1, 0.15) is 52.6 Å². The van der Waals surface area contributed by atoms with Crippen LogP contribution in [0, 0.1) is 5.82 Å². The summed E-state index contributed by atoms with van der Waals surface area (Å²) in [5.74, 6) is -1.16. The second-order valence-corrected chi connectivity index (χ2v) is 8.04. The number of nitrogens with one attached hydrogen (secondary N) is 1. The third-order valence-electron chi connectivity index (χ3n) is 4.81. The zero-order valence-corrected chi connectivity index (χ0v) is 17.5. The Morgan fingerprint density at radius 3 is 2.13 bits per heavy atom. The fourth-order valence-corrected chi connectivity index (χ4v) is 3.04. The van der Waals surface area contributed by atoms with E-state index in [-0.39, 0.29) is 22.5 Å². The predicted molar refractivity (Wildman–Crippen MR) is 116 cm³/mol. The first-order chi connectivity index (χ1) is 14.2. The SMILES string of the molecule is COc1ccc(C(=O)Nc2cccc(C(=O)c3ccc(C(C)(C)C)cc3)c2)cc1F. The van der Waals surface area contributed by atoms with Crippen LogP contribution >= 0.6 is 0 Å². The van der Waals surface area contributed by atoms with E-state index in [9.17, 15) is 14.0 Å². The summed E-state index contributed by atoms with van der Waals surface area (Å²) in [7, 11) is 1.36. The smallest absolute Gasteiger partial charge is 0.255 e. The molecule has 4 nitrogen and oxygen atoms in total. The average Bonchev–Trinajstić information content (AvgIpc) is 2.72. The van der Waals surface area contributed by atoms with Gasteiger partial charge < -0.3 is 10.1 Å². The number of hydrogen-bond donors (Lipinski definition) is 1. The van der Waals surface area contributed by atoms with Crippen molar-refractivity contribution >= 4 is 17.4 Å². The normalized spacial score (nSPS) is 11.1. The van der Waals surface area contributed by atoms with Crippen LogP contribution < -0.4 is 10.1 Å². The van der Waals surface area contributed by atoms with Gasteiger partial charge in [0.05, 0.1) is 7.11 Å². The van der Waals surface area contributed by atoms with Crippen molar-refractivity contribution in [1.29, 1.82) is 0 Å². The highest BCUT2D eigenvalue weighted by Gasteiger charge is 2.16. The van der Waals surface area contributed by atoms with Crippen LogP contribution in [0.2, 0.25) is 0 Å². The largest absolute Gasteiger partial charge is 0.494 e. The first-order valence-corrected chi connectivity index (χ1v) is 9.59. The quantitative estimate of drug-likeness (QED) is 0.561. The molecule has 0 aliphatic rings. The van der Waals surface area contributed by atoms with Gasteiger partial charge in [0.1, 0.15) is 0 Å². The highest BCUT2D eigenvalue weighted by molar-refractivity contribution is 6.10. The van der Waals surface area contributed by atoms with E-state index in [1.54, 1.807) is 24.3 Å². The average molecular weight is 405 g/mol. The number of amides is 1. The van der Waals surface area contributed by atoms with E-state index < -0.39 is 11.7 Å². The molecule has 0 atom stereocenters. The van der Waals surface area contributed by atoms with Crippen LogP contribution in [0.25, 0.3) is 0 Å². The van der Waals surface area contributed by atoms with E-state index >= 15 is 0 Å². The van der Waals surface area contributed by atoms with Crippen LogP contribution in [0.15, 0.2) is 66.7 Å². The van der Waals surface area contributed by atoms with Gasteiger partial charge in [-0.05, 0) is 41.3 Å². The van der Waals surface area contributed by atoms with Crippen LogP contribution in [-0.4, -0.2) is 18.8 Å². The first-order valence-electron chi connectivity index (χ1n) is 9.59. The molecule has 0 aliphatic carbocycles. The zero-order chi connectivity index (χ0) is 21.9. The van der Waals surface area contributed by atoms with Crippen LogP contribution in [0.4, 0.5) is 10.1 Å². The van der Waals surface area contributed by atoms with Crippen LogP contribution in [0.5, 0.6) is 5.75 Å². The molecule has 0 aromatic heterocycles. The maximum absolute atomic E-state index is 13.9.